The summed E-state index contributed by atoms with van der Waals surface area (Å²) in [4.78, 5) is 15.1. The van der Waals surface area contributed by atoms with Crippen LogP contribution in [0.5, 0.6) is 0 Å². The van der Waals surface area contributed by atoms with Gasteiger partial charge in [-0.25, -0.2) is 4.39 Å². The standard InChI is InChI=1S/C22H23ClFNO2/c23-21-9-2-1-8-18(21)19-12-20(19)22(26)25(14-17-7-4-10-27-17)13-15-5-3-6-16(24)11-15/h1-3,5-6,8-9,11,17,19-20H,4,7,10,12-14H2. The molecule has 27 heavy (non-hydrogen) atoms. The summed E-state index contributed by atoms with van der Waals surface area (Å²) < 4.78 is 19.3. The molecule has 2 aromatic carbocycles. The topological polar surface area (TPSA) is 29.5 Å². The van der Waals surface area contributed by atoms with E-state index in [-0.39, 0.29) is 29.7 Å². The normalized spacial score (nSPS) is 24.0. The minimum Gasteiger partial charge on any atom is -0.376 e. The predicted molar refractivity (Wildman–Crippen MR) is 103 cm³/mol. The number of halogens is 2. The van der Waals surface area contributed by atoms with Crippen LogP contribution >= 0.6 is 11.6 Å². The molecule has 1 amide bonds. The van der Waals surface area contributed by atoms with E-state index in [2.05, 4.69) is 0 Å². The summed E-state index contributed by atoms with van der Waals surface area (Å²) in [6.07, 6.45) is 2.87. The highest BCUT2D eigenvalue weighted by Crippen LogP contribution is 2.50. The summed E-state index contributed by atoms with van der Waals surface area (Å²) in [6, 6.07) is 14.2. The molecule has 2 fully saturated rings. The summed E-state index contributed by atoms with van der Waals surface area (Å²) in [6.45, 7) is 1.71. The zero-order chi connectivity index (χ0) is 18.8. The van der Waals surface area contributed by atoms with E-state index in [1.165, 1.54) is 12.1 Å². The van der Waals surface area contributed by atoms with Crippen molar-refractivity contribution < 1.29 is 13.9 Å². The number of rotatable bonds is 6. The van der Waals surface area contributed by atoms with Crippen molar-refractivity contribution in [3.05, 3.63) is 70.5 Å². The number of hydrogen-bond donors (Lipinski definition) is 0. The van der Waals surface area contributed by atoms with Gasteiger partial charge < -0.3 is 9.64 Å². The molecule has 3 unspecified atom stereocenters. The smallest absolute Gasteiger partial charge is 0.226 e. The SMILES string of the molecule is O=C(C1CC1c1ccccc1Cl)N(Cc1cccc(F)c1)CC1CCCO1. The minimum atomic E-state index is -0.280. The number of carbonyl (C=O) groups excluding carboxylic acids is 1. The lowest BCUT2D eigenvalue weighted by Gasteiger charge is -2.26. The zero-order valence-electron chi connectivity index (χ0n) is 15.1. The van der Waals surface area contributed by atoms with Gasteiger partial charge in [0.2, 0.25) is 5.91 Å². The van der Waals surface area contributed by atoms with E-state index >= 15 is 0 Å². The van der Waals surface area contributed by atoms with E-state index < -0.39 is 0 Å². The van der Waals surface area contributed by atoms with Gasteiger partial charge in [0.25, 0.3) is 0 Å². The van der Waals surface area contributed by atoms with Crippen LogP contribution in [-0.4, -0.2) is 30.1 Å². The molecule has 3 atom stereocenters. The summed E-state index contributed by atoms with van der Waals surface area (Å²) in [5.74, 6) is -0.0531. The second-order valence-electron chi connectivity index (χ2n) is 7.45. The summed E-state index contributed by atoms with van der Waals surface area (Å²) >= 11 is 6.31. The predicted octanol–water partition coefficient (Wildman–Crippen LogP) is 4.79. The molecule has 0 spiro atoms. The molecule has 1 aliphatic carbocycles. The van der Waals surface area contributed by atoms with Crippen molar-refractivity contribution in [2.24, 2.45) is 5.92 Å². The highest BCUT2D eigenvalue weighted by molar-refractivity contribution is 6.31. The molecule has 1 saturated carbocycles. The molecule has 0 radical (unpaired) electrons. The first-order chi connectivity index (χ1) is 13.1. The Balaban J connectivity index is 1.49. The third-order valence-corrected chi connectivity index (χ3v) is 5.78. The van der Waals surface area contributed by atoms with Gasteiger partial charge in [0, 0.05) is 30.6 Å². The number of carbonyl (C=O) groups is 1. The Morgan fingerprint density at radius 3 is 2.81 bits per heavy atom. The van der Waals surface area contributed by atoms with E-state index in [9.17, 15) is 9.18 Å². The minimum absolute atomic E-state index is 0.0557. The maximum atomic E-state index is 13.6. The number of hydrogen-bond acceptors (Lipinski definition) is 2. The van der Waals surface area contributed by atoms with E-state index in [0.29, 0.717) is 18.1 Å². The van der Waals surface area contributed by atoms with Crippen LogP contribution < -0.4 is 0 Å². The lowest BCUT2D eigenvalue weighted by molar-refractivity contribution is -0.135. The van der Waals surface area contributed by atoms with Crippen LogP contribution in [0.25, 0.3) is 0 Å². The molecule has 2 aromatic rings. The van der Waals surface area contributed by atoms with Gasteiger partial charge in [0.05, 0.1) is 6.10 Å². The largest absolute Gasteiger partial charge is 0.376 e. The highest BCUT2D eigenvalue weighted by atomic mass is 35.5. The van der Waals surface area contributed by atoms with Crippen LogP contribution in [0.2, 0.25) is 5.02 Å². The molecule has 0 aromatic heterocycles. The van der Waals surface area contributed by atoms with Crippen LogP contribution in [0, 0.1) is 11.7 Å². The molecule has 0 N–H and O–H groups in total. The van der Waals surface area contributed by atoms with Crippen molar-refractivity contribution in [1.29, 1.82) is 0 Å². The Bertz CT molecular complexity index is 821. The molecule has 142 valence electrons. The van der Waals surface area contributed by atoms with Gasteiger partial charge in [-0.3, -0.25) is 4.79 Å². The van der Waals surface area contributed by atoms with Crippen molar-refractivity contribution in [2.45, 2.75) is 37.8 Å². The van der Waals surface area contributed by atoms with Gasteiger partial charge >= 0.3 is 0 Å². The molecule has 0 bridgehead atoms. The Labute approximate surface area is 164 Å². The Kier molecular flexibility index (Phi) is 5.46. The van der Waals surface area contributed by atoms with Gasteiger partial charge in [-0.15, -0.1) is 0 Å². The second kappa shape index (κ2) is 7.99. The lowest BCUT2D eigenvalue weighted by atomic mass is 10.1. The molecule has 3 nitrogen and oxygen atoms in total. The average molecular weight is 388 g/mol. The van der Waals surface area contributed by atoms with Crippen LogP contribution in [0.3, 0.4) is 0 Å². The van der Waals surface area contributed by atoms with Gasteiger partial charge in [0.15, 0.2) is 0 Å². The number of nitrogens with zero attached hydrogens (tertiary/aromatic N) is 1. The molecule has 4 rings (SSSR count). The maximum absolute atomic E-state index is 13.6. The monoisotopic (exact) mass is 387 g/mol. The first kappa shape index (κ1) is 18.5. The molecule has 2 aliphatic rings. The molecule has 1 heterocycles. The quantitative estimate of drug-likeness (QED) is 0.713. The number of amides is 1. The second-order valence-corrected chi connectivity index (χ2v) is 7.86. The maximum Gasteiger partial charge on any atom is 0.226 e. The Hall–Kier alpha value is -1.91. The van der Waals surface area contributed by atoms with Crippen molar-refractivity contribution in [1.82, 2.24) is 4.90 Å². The van der Waals surface area contributed by atoms with E-state index in [4.69, 9.17) is 16.3 Å². The van der Waals surface area contributed by atoms with Crippen LogP contribution in [0.1, 0.15) is 36.3 Å². The third kappa shape index (κ3) is 4.33. The lowest BCUT2D eigenvalue weighted by Crippen LogP contribution is -2.38. The van der Waals surface area contributed by atoms with Crippen molar-refractivity contribution in [3.63, 3.8) is 0 Å². The summed E-state index contributed by atoms with van der Waals surface area (Å²) in [5.41, 5.74) is 1.84. The van der Waals surface area contributed by atoms with Crippen molar-refractivity contribution >= 4 is 17.5 Å². The molecule has 1 aliphatic heterocycles. The van der Waals surface area contributed by atoms with E-state index in [1.54, 1.807) is 6.07 Å². The van der Waals surface area contributed by atoms with E-state index in [1.807, 2.05) is 35.2 Å². The van der Waals surface area contributed by atoms with Gasteiger partial charge in [0.1, 0.15) is 5.82 Å². The molecular weight excluding hydrogens is 365 g/mol. The summed E-state index contributed by atoms with van der Waals surface area (Å²) in [7, 11) is 0. The van der Waals surface area contributed by atoms with Gasteiger partial charge in [-0.1, -0.05) is 41.9 Å². The fourth-order valence-corrected chi connectivity index (χ4v) is 4.22. The molecule has 1 saturated heterocycles. The van der Waals surface area contributed by atoms with Gasteiger partial charge in [-0.05, 0) is 54.5 Å². The number of ether oxygens (including phenoxy) is 1. The highest BCUT2D eigenvalue weighted by Gasteiger charge is 2.46. The zero-order valence-corrected chi connectivity index (χ0v) is 15.9. The van der Waals surface area contributed by atoms with Gasteiger partial charge in [-0.2, -0.15) is 0 Å². The van der Waals surface area contributed by atoms with Crippen LogP contribution in [-0.2, 0) is 16.1 Å². The van der Waals surface area contributed by atoms with Crippen molar-refractivity contribution in [2.75, 3.05) is 13.2 Å². The fourth-order valence-electron chi connectivity index (χ4n) is 3.94. The number of benzene rings is 2. The third-order valence-electron chi connectivity index (χ3n) is 5.43. The molecular formula is C22H23ClFNO2. The molecule has 5 heteroatoms. The van der Waals surface area contributed by atoms with Crippen molar-refractivity contribution in [3.8, 4) is 0 Å². The summed E-state index contributed by atoms with van der Waals surface area (Å²) in [5, 5.41) is 0.716. The Morgan fingerprint density at radius 1 is 1.22 bits per heavy atom. The first-order valence-corrected chi connectivity index (χ1v) is 9.89. The van der Waals surface area contributed by atoms with Crippen LogP contribution in [0.15, 0.2) is 48.5 Å². The van der Waals surface area contributed by atoms with E-state index in [0.717, 1.165) is 37.0 Å². The Morgan fingerprint density at radius 2 is 2.07 bits per heavy atom. The fraction of sp³-hybridized carbons (Fsp3) is 0.409. The first-order valence-electron chi connectivity index (χ1n) is 9.51. The van der Waals surface area contributed by atoms with Crippen LogP contribution in [0.4, 0.5) is 4.39 Å². The average Bonchev–Trinajstić information content (AvgIpc) is 3.28.